The van der Waals surface area contributed by atoms with Gasteiger partial charge in [0.05, 0.1) is 24.8 Å². The maximum Gasteiger partial charge on any atom is 0.264 e. The van der Waals surface area contributed by atoms with Crippen molar-refractivity contribution in [3.63, 3.8) is 0 Å². The number of para-hydroxylation sites is 2. The molecule has 1 atom stereocenters. The highest BCUT2D eigenvalue weighted by Crippen LogP contribution is 2.43. The average Bonchev–Trinajstić information content (AvgIpc) is 2.83. The fraction of sp³-hybridized carbons (Fsp3) is 0.211. The van der Waals surface area contributed by atoms with Gasteiger partial charge < -0.3 is 15.6 Å². The number of ether oxygens (including phenoxy) is 1. The lowest BCUT2D eigenvalue weighted by Crippen LogP contribution is -2.44. The summed E-state index contributed by atoms with van der Waals surface area (Å²) in [6.07, 6.45) is -0.474. The molecule has 7 nitrogen and oxygen atoms in total. The van der Waals surface area contributed by atoms with Crippen LogP contribution in [-0.2, 0) is 15.2 Å². The Hall–Kier alpha value is -3.19. The maximum atomic E-state index is 12.8. The summed E-state index contributed by atoms with van der Waals surface area (Å²) in [5.41, 5.74) is 4.05. The SMILES string of the molecule is COc1ccccc1C(=O)C[C@]1(O)C(=O)N(CC(N)=O)c2ccccc21. The van der Waals surface area contributed by atoms with Crippen LogP contribution in [0.2, 0.25) is 0 Å². The molecule has 3 rings (SSSR count). The van der Waals surface area contributed by atoms with Gasteiger partial charge in [0.2, 0.25) is 5.91 Å². The zero-order valence-corrected chi connectivity index (χ0v) is 14.1. The van der Waals surface area contributed by atoms with E-state index in [4.69, 9.17) is 10.5 Å². The molecule has 1 heterocycles. The first-order valence-corrected chi connectivity index (χ1v) is 7.97. The molecule has 0 saturated heterocycles. The van der Waals surface area contributed by atoms with Crippen LogP contribution >= 0.6 is 0 Å². The van der Waals surface area contributed by atoms with Crippen LogP contribution in [0.3, 0.4) is 0 Å². The molecule has 3 N–H and O–H groups in total. The van der Waals surface area contributed by atoms with Gasteiger partial charge >= 0.3 is 0 Å². The number of aliphatic hydroxyl groups is 1. The molecule has 2 aromatic carbocycles. The summed E-state index contributed by atoms with van der Waals surface area (Å²) < 4.78 is 5.17. The number of nitrogens with two attached hydrogens (primary N) is 1. The van der Waals surface area contributed by atoms with E-state index in [1.54, 1.807) is 48.5 Å². The van der Waals surface area contributed by atoms with E-state index in [0.29, 0.717) is 11.4 Å². The number of fused-ring (bicyclic) bond motifs is 1. The zero-order valence-electron chi connectivity index (χ0n) is 14.1. The van der Waals surface area contributed by atoms with Crippen LogP contribution < -0.4 is 15.4 Å². The number of amides is 2. The van der Waals surface area contributed by atoms with Crippen molar-refractivity contribution < 1.29 is 24.2 Å². The van der Waals surface area contributed by atoms with Crippen molar-refractivity contribution >= 4 is 23.3 Å². The number of carbonyl (C=O) groups is 3. The number of methoxy groups -OCH3 is 1. The molecule has 0 aliphatic carbocycles. The third-order valence-corrected chi connectivity index (χ3v) is 4.38. The van der Waals surface area contributed by atoms with Crippen molar-refractivity contribution in [2.75, 3.05) is 18.6 Å². The van der Waals surface area contributed by atoms with E-state index < -0.39 is 29.6 Å². The van der Waals surface area contributed by atoms with Crippen LogP contribution in [0.5, 0.6) is 5.75 Å². The summed E-state index contributed by atoms with van der Waals surface area (Å²) in [6.45, 7) is -0.374. The first-order chi connectivity index (χ1) is 12.4. The van der Waals surface area contributed by atoms with Gasteiger partial charge in [-0.3, -0.25) is 19.3 Å². The van der Waals surface area contributed by atoms with E-state index in [2.05, 4.69) is 0 Å². The fourth-order valence-electron chi connectivity index (χ4n) is 3.19. The predicted molar refractivity (Wildman–Crippen MR) is 93.8 cm³/mol. The molecule has 7 heteroatoms. The standard InChI is InChI=1S/C19H18N2O5/c1-26-16-9-5-2-6-12(16)15(22)10-19(25)13-7-3-4-8-14(13)21(18(19)24)11-17(20)23/h2-9,25H,10-11H2,1H3,(H2,20,23)/t19-/m1/s1. The number of anilines is 1. The molecule has 0 saturated carbocycles. The van der Waals surface area contributed by atoms with E-state index in [1.807, 2.05) is 0 Å². The smallest absolute Gasteiger partial charge is 0.264 e. The topological polar surface area (TPSA) is 110 Å². The quantitative estimate of drug-likeness (QED) is 0.752. The summed E-state index contributed by atoms with van der Waals surface area (Å²) in [5, 5.41) is 11.1. The second kappa shape index (κ2) is 6.61. The minimum Gasteiger partial charge on any atom is -0.496 e. The van der Waals surface area contributed by atoms with E-state index in [9.17, 15) is 19.5 Å². The molecule has 2 aromatic rings. The van der Waals surface area contributed by atoms with E-state index >= 15 is 0 Å². The zero-order chi connectivity index (χ0) is 18.9. The molecule has 1 aliphatic rings. The van der Waals surface area contributed by atoms with Crippen molar-refractivity contribution in [2.45, 2.75) is 12.0 Å². The third kappa shape index (κ3) is 2.82. The second-order valence-corrected chi connectivity index (χ2v) is 6.04. The lowest BCUT2D eigenvalue weighted by molar-refractivity contribution is -0.136. The lowest BCUT2D eigenvalue weighted by atomic mass is 9.88. The van der Waals surface area contributed by atoms with Crippen LogP contribution in [0.15, 0.2) is 48.5 Å². The van der Waals surface area contributed by atoms with Gasteiger partial charge in [0.1, 0.15) is 12.3 Å². The monoisotopic (exact) mass is 354 g/mol. The van der Waals surface area contributed by atoms with E-state index in [0.717, 1.165) is 4.90 Å². The van der Waals surface area contributed by atoms with Gasteiger partial charge in [-0.05, 0) is 18.2 Å². The van der Waals surface area contributed by atoms with Gasteiger partial charge in [-0.25, -0.2) is 0 Å². The highest BCUT2D eigenvalue weighted by Gasteiger charge is 2.51. The summed E-state index contributed by atoms with van der Waals surface area (Å²) in [5.74, 6) is -1.56. The minimum atomic E-state index is -2.07. The number of primary amides is 1. The highest BCUT2D eigenvalue weighted by molar-refractivity contribution is 6.12. The summed E-state index contributed by atoms with van der Waals surface area (Å²) in [6, 6.07) is 13.1. The average molecular weight is 354 g/mol. The summed E-state index contributed by atoms with van der Waals surface area (Å²) in [7, 11) is 1.44. The van der Waals surface area contributed by atoms with Gasteiger partial charge in [0, 0.05) is 5.56 Å². The third-order valence-electron chi connectivity index (χ3n) is 4.38. The summed E-state index contributed by atoms with van der Waals surface area (Å²) >= 11 is 0. The van der Waals surface area contributed by atoms with Crippen LogP contribution in [0.25, 0.3) is 0 Å². The predicted octanol–water partition coefficient (Wildman–Crippen LogP) is 0.988. The van der Waals surface area contributed by atoms with Crippen molar-refractivity contribution in [3.05, 3.63) is 59.7 Å². The molecule has 0 unspecified atom stereocenters. The number of hydrogen-bond donors (Lipinski definition) is 2. The van der Waals surface area contributed by atoms with Gasteiger partial charge in [0.25, 0.3) is 5.91 Å². The number of ketones is 1. The molecule has 0 bridgehead atoms. The molecule has 26 heavy (non-hydrogen) atoms. The minimum absolute atomic E-state index is 0.266. The van der Waals surface area contributed by atoms with Crippen molar-refractivity contribution in [3.8, 4) is 5.75 Å². The van der Waals surface area contributed by atoms with Gasteiger partial charge in [-0.15, -0.1) is 0 Å². The van der Waals surface area contributed by atoms with Crippen LogP contribution in [0.4, 0.5) is 5.69 Å². The molecule has 0 fully saturated rings. The van der Waals surface area contributed by atoms with E-state index in [1.165, 1.54) is 7.11 Å². The van der Waals surface area contributed by atoms with Gasteiger partial charge in [-0.1, -0.05) is 30.3 Å². The number of hydrogen-bond acceptors (Lipinski definition) is 5. The molecule has 0 spiro atoms. The number of carbonyl (C=O) groups excluding carboxylic acids is 3. The second-order valence-electron chi connectivity index (χ2n) is 6.04. The van der Waals surface area contributed by atoms with Crippen molar-refractivity contribution in [1.82, 2.24) is 0 Å². The molecular weight excluding hydrogens is 336 g/mol. The van der Waals surface area contributed by atoms with Crippen LogP contribution in [0.1, 0.15) is 22.3 Å². The Morgan fingerprint density at radius 3 is 2.50 bits per heavy atom. The molecular formula is C19H18N2O5. The summed E-state index contributed by atoms with van der Waals surface area (Å²) in [4.78, 5) is 38.0. The molecule has 0 radical (unpaired) electrons. The first kappa shape index (κ1) is 17.6. The largest absolute Gasteiger partial charge is 0.496 e. The van der Waals surface area contributed by atoms with Crippen molar-refractivity contribution in [2.24, 2.45) is 5.73 Å². The molecule has 0 aromatic heterocycles. The van der Waals surface area contributed by atoms with Crippen LogP contribution in [-0.4, -0.2) is 36.4 Å². The van der Waals surface area contributed by atoms with Crippen LogP contribution in [0, 0.1) is 0 Å². The van der Waals surface area contributed by atoms with E-state index in [-0.39, 0.29) is 17.7 Å². The Kier molecular flexibility index (Phi) is 4.48. The number of benzene rings is 2. The molecule has 134 valence electrons. The Morgan fingerprint density at radius 2 is 1.81 bits per heavy atom. The Morgan fingerprint density at radius 1 is 1.15 bits per heavy atom. The maximum absolute atomic E-state index is 12.8. The molecule has 1 aliphatic heterocycles. The van der Waals surface area contributed by atoms with Gasteiger partial charge in [-0.2, -0.15) is 0 Å². The normalized spacial score (nSPS) is 18.5. The Labute approximate surface area is 150 Å². The highest BCUT2D eigenvalue weighted by atomic mass is 16.5. The van der Waals surface area contributed by atoms with Gasteiger partial charge in [0.15, 0.2) is 11.4 Å². The first-order valence-electron chi connectivity index (χ1n) is 7.97. The number of nitrogens with zero attached hydrogens (tertiary/aromatic N) is 1. The molecule has 2 amide bonds. The number of Topliss-reactive ketones (excluding diaryl/α,β-unsaturated/α-hetero) is 1. The lowest BCUT2D eigenvalue weighted by Gasteiger charge is -2.22. The Bertz CT molecular complexity index is 895. The Balaban J connectivity index is 2.00. The fourth-order valence-corrected chi connectivity index (χ4v) is 3.19. The number of rotatable bonds is 6. The van der Waals surface area contributed by atoms with Crippen molar-refractivity contribution in [1.29, 1.82) is 0 Å².